The van der Waals surface area contributed by atoms with Gasteiger partial charge in [0.15, 0.2) is 0 Å². The molecule has 0 aliphatic carbocycles. The topological polar surface area (TPSA) is 42.0 Å². The van der Waals surface area contributed by atoms with Crippen molar-refractivity contribution in [2.24, 2.45) is 0 Å². The van der Waals surface area contributed by atoms with Crippen LogP contribution in [0, 0.1) is 0 Å². The second-order valence-corrected chi connectivity index (χ2v) is 5.66. The molecule has 0 radical (unpaired) electrons. The number of amides is 1. The summed E-state index contributed by atoms with van der Waals surface area (Å²) in [5.41, 5.74) is 1.31. The Balaban J connectivity index is 1.74. The Morgan fingerprint density at radius 2 is 2.15 bits per heavy atom. The summed E-state index contributed by atoms with van der Waals surface area (Å²) in [6.07, 6.45) is 1.72. The average molecular weight is 303 g/mol. The van der Waals surface area contributed by atoms with Gasteiger partial charge in [-0.2, -0.15) is 0 Å². The zero-order valence-corrected chi connectivity index (χ0v) is 12.0. The lowest BCUT2D eigenvalue weighted by Crippen LogP contribution is -2.23. The molecule has 1 N–H and O–H groups in total. The van der Waals surface area contributed by atoms with Crippen molar-refractivity contribution < 1.29 is 4.79 Å². The van der Waals surface area contributed by atoms with Crippen LogP contribution in [-0.4, -0.2) is 10.9 Å². The first-order chi connectivity index (χ1) is 9.74. The van der Waals surface area contributed by atoms with E-state index in [9.17, 15) is 4.79 Å². The highest BCUT2D eigenvalue weighted by Gasteiger charge is 2.09. The first kappa shape index (κ1) is 13.1. The van der Waals surface area contributed by atoms with E-state index in [1.54, 1.807) is 23.6 Å². The quantitative estimate of drug-likeness (QED) is 0.798. The van der Waals surface area contributed by atoms with Crippen molar-refractivity contribution in [2.45, 2.75) is 6.54 Å². The Morgan fingerprint density at radius 3 is 3.00 bits per heavy atom. The van der Waals surface area contributed by atoms with E-state index in [-0.39, 0.29) is 5.91 Å². The molecule has 5 heteroatoms. The lowest BCUT2D eigenvalue weighted by molar-refractivity contribution is 0.0946. The molecule has 0 aliphatic heterocycles. The van der Waals surface area contributed by atoms with Crippen LogP contribution >= 0.6 is 22.9 Å². The molecule has 2 heterocycles. The standard InChI is InChI=1S/C15H11ClN2OS/c16-12-4-2-1-3-10(12)8-18-15(19)13-7-14-11(9-17-13)5-6-20-14/h1-7,9H,8H2,(H,18,19). The molecule has 3 aromatic rings. The van der Waals surface area contributed by atoms with Gasteiger partial charge in [0.05, 0.1) is 0 Å². The first-order valence-electron chi connectivity index (χ1n) is 6.09. The minimum absolute atomic E-state index is 0.194. The summed E-state index contributed by atoms with van der Waals surface area (Å²) in [5, 5.41) is 6.52. The number of carbonyl (C=O) groups is 1. The Labute approximate surface area is 125 Å². The number of hydrogen-bond donors (Lipinski definition) is 1. The summed E-state index contributed by atoms with van der Waals surface area (Å²) in [6, 6.07) is 11.2. The third-order valence-corrected chi connectivity index (χ3v) is 4.22. The number of fused-ring (bicyclic) bond motifs is 1. The summed E-state index contributed by atoms with van der Waals surface area (Å²) in [4.78, 5) is 16.3. The molecule has 0 unspecified atom stereocenters. The molecule has 1 aromatic carbocycles. The summed E-state index contributed by atoms with van der Waals surface area (Å²) in [6.45, 7) is 0.392. The van der Waals surface area contributed by atoms with Crippen LogP contribution in [0.5, 0.6) is 0 Å². The predicted octanol–water partition coefficient (Wildman–Crippen LogP) is 3.88. The SMILES string of the molecule is O=C(NCc1ccccc1Cl)c1cc2sccc2cn1. The molecule has 0 spiro atoms. The van der Waals surface area contributed by atoms with E-state index >= 15 is 0 Å². The van der Waals surface area contributed by atoms with Crippen molar-refractivity contribution in [1.29, 1.82) is 0 Å². The van der Waals surface area contributed by atoms with Crippen LogP contribution in [0.3, 0.4) is 0 Å². The lowest BCUT2D eigenvalue weighted by Gasteiger charge is -2.06. The Hall–Kier alpha value is -1.91. The fraction of sp³-hybridized carbons (Fsp3) is 0.0667. The van der Waals surface area contributed by atoms with Gasteiger partial charge < -0.3 is 5.32 Å². The molecule has 3 nitrogen and oxygen atoms in total. The summed E-state index contributed by atoms with van der Waals surface area (Å²) in [7, 11) is 0. The highest BCUT2D eigenvalue weighted by Crippen LogP contribution is 2.20. The highest BCUT2D eigenvalue weighted by molar-refractivity contribution is 7.17. The van der Waals surface area contributed by atoms with Gasteiger partial charge in [-0.3, -0.25) is 9.78 Å². The number of nitrogens with one attached hydrogen (secondary N) is 1. The van der Waals surface area contributed by atoms with Crippen LogP contribution in [0.2, 0.25) is 5.02 Å². The summed E-state index contributed by atoms with van der Waals surface area (Å²) in [5.74, 6) is -0.194. The smallest absolute Gasteiger partial charge is 0.270 e. The minimum atomic E-state index is -0.194. The normalized spacial score (nSPS) is 10.7. The molecule has 0 aliphatic rings. The molecule has 0 saturated heterocycles. The Kier molecular flexibility index (Phi) is 3.67. The Bertz CT molecular complexity index is 769. The van der Waals surface area contributed by atoms with E-state index in [0.29, 0.717) is 17.3 Å². The number of aromatic nitrogens is 1. The molecular formula is C15H11ClN2OS. The van der Waals surface area contributed by atoms with Gasteiger partial charge in [0, 0.05) is 27.9 Å². The molecular weight excluding hydrogens is 292 g/mol. The van der Waals surface area contributed by atoms with Crippen LogP contribution in [0.15, 0.2) is 48.0 Å². The zero-order valence-electron chi connectivity index (χ0n) is 10.5. The van der Waals surface area contributed by atoms with Crippen LogP contribution in [0.1, 0.15) is 16.1 Å². The second kappa shape index (κ2) is 5.61. The predicted molar refractivity (Wildman–Crippen MR) is 82.2 cm³/mol. The van der Waals surface area contributed by atoms with Gasteiger partial charge in [0.25, 0.3) is 5.91 Å². The fourth-order valence-corrected chi connectivity index (χ4v) is 2.89. The van der Waals surface area contributed by atoms with Gasteiger partial charge in [-0.1, -0.05) is 29.8 Å². The van der Waals surface area contributed by atoms with Gasteiger partial charge >= 0.3 is 0 Å². The van der Waals surface area contributed by atoms with Crippen LogP contribution in [-0.2, 0) is 6.54 Å². The van der Waals surface area contributed by atoms with Crippen molar-refractivity contribution in [2.75, 3.05) is 0 Å². The number of carbonyl (C=O) groups excluding carboxylic acids is 1. The maximum atomic E-state index is 12.1. The van der Waals surface area contributed by atoms with E-state index in [1.165, 1.54) is 0 Å². The number of pyridine rings is 1. The maximum absolute atomic E-state index is 12.1. The number of benzene rings is 1. The van der Waals surface area contributed by atoms with Gasteiger partial charge in [0.1, 0.15) is 5.69 Å². The van der Waals surface area contributed by atoms with Crippen molar-refractivity contribution >= 4 is 38.9 Å². The monoisotopic (exact) mass is 302 g/mol. The molecule has 100 valence electrons. The van der Waals surface area contributed by atoms with E-state index in [4.69, 9.17) is 11.6 Å². The minimum Gasteiger partial charge on any atom is -0.347 e. The third-order valence-electron chi connectivity index (χ3n) is 2.97. The molecule has 0 saturated carbocycles. The number of halogens is 1. The molecule has 1 amide bonds. The van der Waals surface area contributed by atoms with E-state index in [1.807, 2.05) is 35.7 Å². The molecule has 20 heavy (non-hydrogen) atoms. The largest absolute Gasteiger partial charge is 0.347 e. The summed E-state index contributed by atoms with van der Waals surface area (Å²) < 4.78 is 1.06. The molecule has 0 fully saturated rings. The second-order valence-electron chi connectivity index (χ2n) is 4.30. The summed E-state index contributed by atoms with van der Waals surface area (Å²) >= 11 is 7.65. The van der Waals surface area contributed by atoms with E-state index in [2.05, 4.69) is 10.3 Å². The van der Waals surface area contributed by atoms with Gasteiger partial charge in [-0.25, -0.2) is 0 Å². The van der Waals surface area contributed by atoms with Crippen molar-refractivity contribution in [3.05, 3.63) is 64.3 Å². The van der Waals surface area contributed by atoms with Crippen LogP contribution < -0.4 is 5.32 Å². The number of thiophene rings is 1. The van der Waals surface area contributed by atoms with Crippen molar-refractivity contribution in [1.82, 2.24) is 10.3 Å². The molecule has 3 rings (SSSR count). The van der Waals surface area contributed by atoms with Gasteiger partial charge in [-0.05, 0) is 29.1 Å². The van der Waals surface area contributed by atoms with Crippen molar-refractivity contribution in [3.8, 4) is 0 Å². The molecule has 0 bridgehead atoms. The number of hydrogen-bond acceptors (Lipinski definition) is 3. The Morgan fingerprint density at radius 1 is 1.30 bits per heavy atom. The van der Waals surface area contributed by atoms with Gasteiger partial charge in [0.2, 0.25) is 0 Å². The number of nitrogens with zero attached hydrogens (tertiary/aromatic N) is 1. The molecule has 0 atom stereocenters. The van der Waals surface area contributed by atoms with E-state index in [0.717, 1.165) is 15.6 Å². The van der Waals surface area contributed by atoms with Crippen LogP contribution in [0.25, 0.3) is 10.1 Å². The fourth-order valence-electron chi connectivity index (χ4n) is 1.89. The van der Waals surface area contributed by atoms with Crippen LogP contribution in [0.4, 0.5) is 0 Å². The first-order valence-corrected chi connectivity index (χ1v) is 7.34. The molecule has 2 aromatic heterocycles. The van der Waals surface area contributed by atoms with Crippen molar-refractivity contribution in [3.63, 3.8) is 0 Å². The zero-order chi connectivity index (χ0) is 13.9. The lowest BCUT2D eigenvalue weighted by atomic mass is 10.2. The maximum Gasteiger partial charge on any atom is 0.270 e. The number of rotatable bonds is 3. The highest BCUT2D eigenvalue weighted by atomic mass is 35.5. The van der Waals surface area contributed by atoms with E-state index < -0.39 is 0 Å². The average Bonchev–Trinajstić information content (AvgIpc) is 2.93. The third kappa shape index (κ3) is 2.66. The van der Waals surface area contributed by atoms with Gasteiger partial charge in [-0.15, -0.1) is 11.3 Å².